The Morgan fingerprint density at radius 3 is 2.74 bits per heavy atom. The average Bonchev–Trinajstić information content (AvgIpc) is 2.84. The van der Waals surface area contributed by atoms with Gasteiger partial charge >= 0.3 is 0 Å². The summed E-state index contributed by atoms with van der Waals surface area (Å²) in [7, 11) is 1.56. The molecule has 0 saturated carbocycles. The molecule has 2 heterocycles. The lowest BCUT2D eigenvalue weighted by molar-refractivity contribution is 0.0312. The van der Waals surface area contributed by atoms with Crippen molar-refractivity contribution in [3.8, 4) is 17.7 Å². The largest absolute Gasteiger partial charge is 0.472 e. The summed E-state index contributed by atoms with van der Waals surface area (Å²) < 4.78 is 20.3. The Balaban J connectivity index is 1.96. The summed E-state index contributed by atoms with van der Waals surface area (Å²) in [6.45, 7) is 5.28. The number of aliphatic hydroxyl groups is 2. The minimum absolute atomic E-state index is 0.0425. The van der Waals surface area contributed by atoms with Crippen LogP contribution in [-0.2, 0) is 0 Å². The lowest BCUT2D eigenvalue weighted by Crippen LogP contribution is -2.50. The highest BCUT2D eigenvalue weighted by atomic mass is 19.1. The fourth-order valence-corrected chi connectivity index (χ4v) is 3.77. The molecule has 0 fully saturated rings. The second-order valence-electron chi connectivity index (χ2n) is 8.81. The monoisotopic (exact) mass is 483 g/mol. The fraction of sp³-hybridized carbons (Fsp3) is 0.423. The van der Waals surface area contributed by atoms with E-state index in [0.29, 0.717) is 5.56 Å². The molecule has 2 N–H and O–H groups in total. The Hall–Kier alpha value is -3.48. The van der Waals surface area contributed by atoms with Gasteiger partial charge in [0.1, 0.15) is 23.6 Å². The van der Waals surface area contributed by atoms with Crippen LogP contribution in [0.2, 0.25) is 0 Å². The first-order valence-corrected chi connectivity index (χ1v) is 11.4. The van der Waals surface area contributed by atoms with Gasteiger partial charge in [-0.2, -0.15) is 0 Å². The Kier molecular flexibility index (Phi) is 8.43. The molecule has 8 nitrogen and oxygen atoms in total. The number of hydrogen-bond donors (Lipinski definition) is 2. The van der Waals surface area contributed by atoms with Crippen molar-refractivity contribution in [1.29, 1.82) is 0 Å². The molecule has 0 radical (unpaired) electrons. The molecule has 0 spiro atoms. The maximum Gasteiger partial charge on any atom is 0.259 e. The van der Waals surface area contributed by atoms with Crippen molar-refractivity contribution in [2.75, 3.05) is 26.7 Å². The molecule has 186 valence electrons. The molecular weight excluding hydrogens is 453 g/mol. The standard InChI is InChI=1S/C26H30FN3O5/c1-16-13-30(17(2)15-31)26(34)21-11-19(10-9-18(3)32)12-28-24(21)35-23(16)14-29(4)25(33)20-7-5-6-8-22(20)27/h5-8,11-12,16-18,23,31-32H,13-15H2,1-4H3/t16-,17+,18-,23+/m0/s1. The smallest absolute Gasteiger partial charge is 0.259 e. The molecule has 0 bridgehead atoms. The number of benzene rings is 1. The van der Waals surface area contributed by atoms with Crippen molar-refractivity contribution in [3.63, 3.8) is 0 Å². The number of pyridine rings is 1. The number of fused-ring (bicyclic) bond motifs is 1. The van der Waals surface area contributed by atoms with E-state index in [2.05, 4.69) is 16.8 Å². The van der Waals surface area contributed by atoms with Gasteiger partial charge in [-0.25, -0.2) is 9.37 Å². The number of carbonyl (C=O) groups is 2. The van der Waals surface area contributed by atoms with E-state index in [1.165, 1.54) is 36.2 Å². The van der Waals surface area contributed by atoms with Gasteiger partial charge in [-0.15, -0.1) is 0 Å². The van der Waals surface area contributed by atoms with Crippen molar-refractivity contribution in [2.24, 2.45) is 5.92 Å². The summed E-state index contributed by atoms with van der Waals surface area (Å²) in [5.74, 6) is 3.76. The molecule has 0 unspecified atom stereocenters. The number of likely N-dealkylation sites (N-methyl/N-ethyl adjacent to an activating group) is 1. The van der Waals surface area contributed by atoms with E-state index in [4.69, 9.17) is 4.74 Å². The first-order chi connectivity index (χ1) is 16.6. The predicted molar refractivity (Wildman–Crippen MR) is 127 cm³/mol. The van der Waals surface area contributed by atoms with E-state index >= 15 is 0 Å². The van der Waals surface area contributed by atoms with Crippen LogP contribution < -0.4 is 4.74 Å². The summed E-state index contributed by atoms with van der Waals surface area (Å²) in [6, 6.07) is 6.83. The van der Waals surface area contributed by atoms with Crippen molar-refractivity contribution in [1.82, 2.24) is 14.8 Å². The number of amides is 2. The van der Waals surface area contributed by atoms with Gasteiger partial charge in [0.15, 0.2) is 0 Å². The number of hydrogen-bond acceptors (Lipinski definition) is 6. The first-order valence-electron chi connectivity index (χ1n) is 11.4. The number of aliphatic hydroxyl groups excluding tert-OH is 2. The summed E-state index contributed by atoms with van der Waals surface area (Å²) >= 11 is 0. The van der Waals surface area contributed by atoms with Crippen LogP contribution in [0.25, 0.3) is 0 Å². The minimum Gasteiger partial charge on any atom is -0.472 e. The van der Waals surface area contributed by atoms with Crippen molar-refractivity contribution in [2.45, 2.75) is 39.0 Å². The van der Waals surface area contributed by atoms with Crippen LogP contribution in [-0.4, -0.2) is 81.8 Å². The van der Waals surface area contributed by atoms with E-state index in [9.17, 15) is 24.2 Å². The third kappa shape index (κ3) is 6.15. The second-order valence-corrected chi connectivity index (χ2v) is 8.81. The van der Waals surface area contributed by atoms with Crippen LogP contribution in [0.15, 0.2) is 36.5 Å². The van der Waals surface area contributed by atoms with Crippen LogP contribution in [0.4, 0.5) is 4.39 Å². The van der Waals surface area contributed by atoms with Gasteiger partial charge < -0.3 is 24.7 Å². The van der Waals surface area contributed by atoms with Gasteiger partial charge in [-0.3, -0.25) is 9.59 Å². The Bertz CT molecular complexity index is 1140. The van der Waals surface area contributed by atoms with Crippen LogP contribution in [0.3, 0.4) is 0 Å². The van der Waals surface area contributed by atoms with Gasteiger partial charge in [0.2, 0.25) is 5.88 Å². The Labute approximate surface area is 204 Å². The van der Waals surface area contributed by atoms with Gasteiger partial charge in [0, 0.05) is 31.3 Å². The summed E-state index contributed by atoms with van der Waals surface area (Å²) in [5, 5.41) is 19.2. The highest BCUT2D eigenvalue weighted by Crippen LogP contribution is 2.27. The van der Waals surface area contributed by atoms with E-state index in [0.717, 1.165) is 0 Å². The Morgan fingerprint density at radius 1 is 1.37 bits per heavy atom. The van der Waals surface area contributed by atoms with Gasteiger partial charge in [0.05, 0.1) is 24.8 Å². The quantitative estimate of drug-likeness (QED) is 0.631. The maximum atomic E-state index is 14.2. The fourth-order valence-electron chi connectivity index (χ4n) is 3.77. The minimum atomic E-state index is -0.845. The molecule has 1 aromatic heterocycles. The third-order valence-corrected chi connectivity index (χ3v) is 5.85. The first kappa shape index (κ1) is 26.1. The van der Waals surface area contributed by atoms with Crippen LogP contribution in [0.1, 0.15) is 47.1 Å². The molecule has 9 heteroatoms. The van der Waals surface area contributed by atoms with Crippen molar-refractivity contribution < 1.29 is 28.9 Å². The van der Waals surface area contributed by atoms with E-state index in [1.54, 1.807) is 31.0 Å². The number of nitrogens with zero attached hydrogens (tertiary/aromatic N) is 3. The molecule has 0 aliphatic carbocycles. The van der Waals surface area contributed by atoms with Crippen molar-refractivity contribution in [3.05, 3.63) is 59.0 Å². The molecular formula is C26H30FN3O5. The molecule has 35 heavy (non-hydrogen) atoms. The molecule has 1 aromatic carbocycles. The molecule has 3 rings (SSSR count). The van der Waals surface area contributed by atoms with Gasteiger partial charge in [0.25, 0.3) is 11.8 Å². The normalized spacial score (nSPS) is 19.3. The number of halogens is 1. The molecule has 1 aliphatic rings. The lowest BCUT2D eigenvalue weighted by Gasteiger charge is -2.37. The predicted octanol–water partition coefficient (Wildman–Crippen LogP) is 1.95. The number of carbonyl (C=O) groups excluding carboxylic acids is 2. The van der Waals surface area contributed by atoms with Gasteiger partial charge in [-0.1, -0.05) is 30.9 Å². The number of rotatable bonds is 5. The van der Waals surface area contributed by atoms with Crippen LogP contribution in [0, 0.1) is 23.6 Å². The lowest BCUT2D eigenvalue weighted by atomic mass is 9.99. The van der Waals surface area contributed by atoms with Crippen LogP contribution >= 0.6 is 0 Å². The highest BCUT2D eigenvalue weighted by Gasteiger charge is 2.35. The molecule has 4 atom stereocenters. The van der Waals surface area contributed by atoms with Gasteiger partial charge in [-0.05, 0) is 32.0 Å². The van der Waals surface area contributed by atoms with E-state index in [1.807, 2.05) is 6.92 Å². The van der Waals surface area contributed by atoms with Crippen molar-refractivity contribution >= 4 is 11.8 Å². The summed E-state index contributed by atoms with van der Waals surface area (Å²) in [4.78, 5) is 33.5. The average molecular weight is 484 g/mol. The maximum absolute atomic E-state index is 14.2. The number of ether oxygens (including phenoxy) is 1. The third-order valence-electron chi connectivity index (χ3n) is 5.85. The zero-order chi connectivity index (χ0) is 25.7. The summed E-state index contributed by atoms with van der Waals surface area (Å²) in [6.07, 6.45) is 0.0271. The topological polar surface area (TPSA) is 103 Å². The van der Waals surface area contributed by atoms with E-state index < -0.39 is 30.0 Å². The highest BCUT2D eigenvalue weighted by molar-refractivity contribution is 5.97. The molecule has 1 aliphatic heterocycles. The number of aromatic nitrogens is 1. The molecule has 2 amide bonds. The molecule has 2 aromatic rings. The second kappa shape index (κ2) is 11.3. The van der Waals surface area contributed by atoms with E-state index in [-0.39, 0.29) is 48.5 Å². The SMILES string of the molecule is C[C@H](O)C#Cc1cnc2c(c1)C(=O)N([C@H](C)CO)C[C@H](C)[C@@H](CN(C)C(=O)c1ccccc1F)O2. The summed E-state index contributed by atoms with van der Waals surface area (Å²) in [5.41, 5.74) is 0.553. The zero-order valence-electron chi connectivity index (χ0n) is 20.2. The molecule has 0 saturated heterocycles. The Morgan fingerprint density at radius 2 is 2.09 bits per heavy atom. The zero-order valence-corrected chi connectivity index (χ0v) is 20.2. The van der Waals surface area contributed by atoms with Crippen LogP contribution in [0.5, 0.6) is 5.88 Å².